The van der Waals surface area contributed by atoms with E-state index < -0.39 is 0 Å². The number of phenolic OH excluding ortho intramolecular Hbond substituents is 1. The van der Waals surface area contributed by atoms with E-state index in [2.05, 4.69) is 20.5 Å². The van der Waals surface area contributed by atoms with E-state index in [4.69, 9.17) is 5.84 Å². The van der Waals surface area contributed by atoms with E-state index in [1.54, 1.807) is 12.1 Å². The molecule has 10 heteroatoms. The molecular weight excluding hydrogens is 408 g/mol. The number of hydrogen-bond donors (Lipinski definition) is 3. The Bertz CT molecular complexity index is 1110. The number of aromatic nitrogens is 4. The van der Waals surface area contributed by atoms with Gasteiger partial charge in [0.15, 0.2) is 11.0 Å². The summed E-state index contributed by atoms with van der Waals surface area (Å²) < 4.78 is 2.44. The second-order valence-electron chi connectivity index (χ2n) is 6.26. The molecule has 0 unspecified atom stereocenters. The maximum Gasteiger partial charge on any atom is 0.236 e. The summed E-state index contributed by atoms with van der Waals surface area (Å²) in [6.07, 6.45) is 1.32. The number of benzene rings is 2. The maximum absolute atomic E-state index is 12.2. The van der Waals surface area contributed by atoms with Gasteiger partial charge in [0.2, 0.25) is 11.1 Å². The normalized spacial score (nSPS) is 11.0. The van der Waals surface area contributed by atoms with Crippen LogP contribution in [0.25, 0.3) is 10.2 Å². The Hall–Kier alpha value is -3.11. The van der Waals surface area contributed by atoms with Crippen LogP contribution in [-0.2, 0) is 17.6 Å². The van der Waals surface area contributed by atoms with Crippen LogP contribution in [-0.4, -0.2) is 36.6 Å². The van der Waals surface area contributed by atoms with Crippen LogP contribution in [0.2, 0.25) is 0 Å². The summed E-state index contributed by atoms with van der Waals surface area (Å²) in [7, 11) is 0. The molecule has 0 radical (unpaired) electrons. The molecule has 8 nitrogen and oxygen atoms in total. The molecule has 0 aliphatic heterocycles. The minimum Gasteiger partial charge on any atom is -0.508 e. The number of anilines is 1. The van der Waals surface area contributed by atoms with Crippen LogP contribution >= 0.6 is 23.1 Å². The third kappa shape index (κ3) is 4.66. The van der Waals surface area contributed by atoms with Gasteiger partial charge in [-0.1, -0.05) is 47.4 Å². The van der Waals surface area contributed by atoms with Gasteiger partial charge in [-0.25, -0.2) is 9.66 Å². The summed E-state index contributed by atoms with van der Waals surface area (Å²) in [5.41, 5.74) is 1.93. The number of phenols is 1. The standard InChI is InChI=1S/C19H18N6O2S2/c20-25-16(10-7-12-5-8-13(26)9-6-12)23-24-19(25)28-11-17(27)22-18-21-14-3-1-2-4-15(14)29-18/h1-6,8-9,26H,7,10-11,20H2,(H,21,22,27). The molecule has 2 aromatic carbocycles. The molecule has 0 saturated heterocycles. The van der Waals surface area contributed by atoms with Crippen molar-refractivity contribution in [1.29, 1.82) is 0 Å². The third-order valence-corrected chi connectivity index (χ3v) is 6.08. The van der Waals surface area contributed by atoms with Crippen LogP contribution in [0.5, 0.6) is 5.75 Å². The molecule has 4 rings (SSSR count). The van der Waals surface area contributed by atoms with E-state index in [0.717, 1.165) is 22.2 Å². The minimum atomic E-state index is -0.178. The SMILES string of the molecule is Nn1c(CCc2ccc(O)cc2)nnc1SCC(=O)Nc1nc2ccccc2s1. The number of hydrogen-bond acceptors (Lipinski definition) is 8. The van der Waals surface area contributed by atoms with Crippen molar-refractivity contribution in [2.45, 2.75) is 18.0 Å². The minimum absolute atomic E-state index is 0.156. The first-order valence-corrected chi connectivity index (χ1v) is 10.6. The molecule has 0 spiro atoms. The number of nitrogen functional groups attached to an aromatic ring is 1. The molecule has 148 valence electrons. The quantitative estimate of drug-likeness (QED) is 0.307. The fraction of sp³-hybridized carbons (Fsp3) is 0.158. The van der Waals surface area contributed by atoms with Gasteiger partial charge in [0.1, 0.15) is 5.75 Å². The zero-order chi connectivity index (χ0) is 20.2. The molecular formula is C19H18N6O2S2. The zero-order valence-corrected chi connectivity index (χ0v) is 16.9. The van der Waals surface area contributed by atoms with Crippen LogP contribution in [0.15, 0.2) is 53.7 Å². The molecule has 0 aliphatic rings. The second kappa shape index (κ2) is 8.50. The predicted molar refractivity (Wildman–Crippen MR) is 115 cm³/mol. The monoisotopic (exact) mass is 426 g/mol. The highest BCUT2D eigenvalue weighted by Crippen LogP contribution is 2.25. The number of rotatable bonds is 7. The predicted octanol–water partition coefficient (Wildman–Crippen LogP) is 2.82. The van der Waals surface area contributed by atoms with E-state index in [9.17, 15) is 9.90 Å². The van der Waals surface area contributed by atoms with Crippen molar-refractivity contribution < 1.29 is 9.90 Å². The van der Waals surface area contributed by atoms with Crippen LogP contribution in [0.3, 0.4) is 0 Å². The molecule has 29 heavy (non-hydrogen) atoms. The zero-order valence-electron chi connectivity index (χ0n) is 15.3. The number of para-hydroxylation sites is 1. The number of fused-ring (bicyclic) bond motifs is 1. The van der Waals surface area contributed by atoms with Gasteiger partial charge in [0, 0.05) is 6.42 Å². The third-order valence-electron chi connectivity index (χ3n) is 4.18. The lowest BCUT2D eigenvalue weighted by Crippen LogP contribution is -2.17. The van der Waals surface area contributed by atoms with Crippen LogP contribution in [0.4, 0.5) is 5.13 Å². The Morgan fingerprint density at radius 2 is 1.93 bits per heavy atom. The Balaban J connectivity index is 1.31. The van der Waals surface area contributed by atoms with Crippen LogP contribution in [0.1, 0.15) is 11.4 Å². The maximum atomic E-state index is 12.2. The summed E-state index contributed by atoms with van der Waals surface area (Å²) in [6, 6.07) is 14.7. The van der Waals surface area contributed by atoms with Gasteiger partial charge in [0.05, 0.1) is 16.0 Å². The van der Waals surface area contributed by atoms with Gasteiger partial charge in [0.25, 0.3) is 0 Å². The van der Waals surface area contributed by atoms with Crippen LogP contribution in [0, 0.1) is 0 Å². The van der Waals surface area contributed by atoms with Gasteiger partial charge in [-0.2, -0.15) is 0 Å². The van der Waals surface area contributed by atoms with Gasteiger partial charge in [-0.15, -0.1) is 10.2 Å². The number of nitrogens with two attached hydrogens (primary N) is 1. The van der Waals surface area contributed by atoms with Crippen molar-refractivity contribution >= 4 is 44.4 Å². The molecule has 0 aliphatic carbocycles. The number of amides is 1. The number of nitrogens with zero attached hydrogens (tertiary/aromatic N) is 4. The fourth-order valence-electron chi connectivity index (χ4n) is 2.71. The molecule has 4 aromatic rings. The molecule has 0 fully saturated rings. The fourth-order valence-corrected chi connectivity index (χ4v) is 4.26. The Morgan fingerprint density at radius 3 is 2.72 bits per heavy atom. The van der Waals surface area contributed by atoms with Crippen LogP contribution < -0.4 is 11.2 Å². The topological polar surface area (TPSA) is 119 Å². The molecule has 0 saturated carbocycles. The van der Waals surface area contributed by atoms with E-state index in [1.807, 2.05) is 36.4 Å². The van der Waals surface area contributed by atoms with E-state index >= 15 is 0 Å². The van der Waals surface area contributed by atoms with Crippen molar-refractivity contribution in [2.24, 2.45) is 0 Å². The highest BCUT2D eigenvalue weighted by atomic mass is 32.2. The lowest BCUT2D eigenvalue weighted by molar-refractivity contribution is -0.113. The van der Waals surface area contributed by atoms with Gasteiger partial charge in [-0.05, 0) is 36.2 Å². The van der Waals surface area contributed by atoms with Crippen molar-refractivity contribution in [3.05, 3.63) is 59.9 Å². The Labute approximate surface area is 174 Å². The smallest absolute Gasteiger partial charge is 0.236 e. The molecule has 1 amide bonds. The average Bonchev–Trinajstić information content (AvgIpc) is 3.28. The van der Waals surface area contributed by atoms with Gasteiger partial charge >= 0.3 is 0 Å². The Kier molecular flexibility index (Phi) is 5.63. The first-order valence-electron chi connectivity index (χ1n) is 8.84. The summed E-state index contributed by atoms with van der Waals surface area (Å²) in [5, 5.41) is 21.4. The number of thiazole rings is 1. The number of carbonyl (C=O) groups is 1. The first kappa shape index (κ1) is 19.2. The number of aryl methyl sites for hydroxylation is 2. The number of nitrogens with one attached hydrogen (secondary N) is 1. The lowest BCUT2D eigenvalue weighted by Gasteiger charge is -2.04. The highest BCUT2D eigenvalue weighted by molar-refractivity contribution is 7.99. The van der Waals surface area contributed by atoms with Crippen molar-refractivity contribution in [2.75, 3.05) is 16.9 Å². The number of carbonyl (C=O) groups excluding carboxylic acids is 1. The van der Waals surface area contributed by atoms with Crippen molar-refractivity contribution in [1.82, 2.24) is 19.9 Å². The highest BCUT2D eigenvalue weighted by Gasteiger charge is 2.13. The summed E-state index contributed by atoms with van der Waals surface area (Å²) in [5.74, 6) is 6.91. The number of thioether (sulfide) groups is 1. The van der Waals surface area contributed by atoms with Gasteiger partial charge in [-0.3, -0.25) is 4.79 Å². The molecule has 0 bridgehead atoms. The lowest BCUT2D eigenvalue weighted by atomic mass is 10.1. The van der Waals surface area contributed by atoms with Crippen molar-refractivity contribution in [3.63, 3.8) is 0 Å². The average molecular weight is 427 g/mol. The first-order chi connectivity index (χ1) is 14.1. The van der Waals surface area contributed by atoms with E-state index in [1.165, 1.54) is 27.8 Å². The summed E-state index contributed by atoms with van der Waals surface area (Å²) >= 11 is 2.66. The Morgan fingerprint density at radius 1 is 1.14 bits per heavy atom. The van der Waals surface area contributed by atoms with Crippen molar-refractivity contribution in [3.8, 4) is 5.75 Å². The number of aromatic hydroxyl groups is 1. The largest absolute Gasteiger partial charge is 0.508 e. The molecule has 4 N–H and O–H groups in total. The van der Waals surface area contributed by atoms with E-state index in [-0.39, 0.29) is 17.4 Å². The molecule has 2 aromatic heterocycles. The molecule has 2 heterocycles. The summed E-state index contributed by atoms with van der Waals surface area (Å²) in [6.45, 7) is 0. The van der Waals surface area contributed by atoms with E-state index in [0.29, 0.717) is 22.5 Å². The van der Waals surface area contributed by atoms with Gasteiger partial charge < -0.3 is 16.3 Å². The summed E-state index contributed by atoms with van der Waals surface area (Å²) in [4.78, 5) is 16.6. The molecule has 0 atom stereocenters. The second-order valence-corrected chi connectivity index (χ2v) is 8.23.